The van der Waals surface area contributed by atoms with Gasteiger partial charge in [-0.05, 0) is 17.2 Å². The van der Waals surface area contributed by atoms with Gasteiger partial charge >= 0.3 is 16.6 Å². The first-order valence-corrected chi connectivity index (χ1v) is 7.74. The van der Waals surface area contributed by atoms with Gasteiger partial charge in [0.15, 0.2) is 0 Å². The number of esters is 1. The van der Waals surface area contributed by atoms with Crippen molar-refractivity contribution in [1.82, 2.24) is 4.98 Å². The number of aromatic nitrogens is 1. The van der Waals surface area contributed by atoms with E-state index >= 15 is 0 Å². The number of benzene rings is 1. The minimum Gasteiger partial charge on any atom is -0.454 e. The zero-order chi connectivity index (χ0) is 15.6. The summed E-state index contributed by atoms with van der Waals surface area (Å²) in [6.45, 7) is -0.108. The molecule has 0 saturated heterocycles. The maximum absolute atomic E-state index is 12.9. The molecule has 0 bridgehead atoms. The summed E-state index contributed by atoms with van der Waals surface area (Å²) >= 11 is 5.63. The van der Waals surface area contributed by atoms with E-state index in [0.717, 1.165) is 0 Å². The molecule has 0 aliphatic carbocycles. The third-order valence-corrected chi connectivity index (χ3v) is 4.99. The maximum atomic E-state index is 12.9. The third kappa shape index (κ3) is 3.54. The Morgan fingerprint density at radius 3 is 2.52 bits per heavy atom. The largest absolute Gasteiger partial charge is 0.454 e. The van der Waals surface area contributed by atoms with Gasteiger partial charge in [-0.15, -0.1) is 0 Å². The number of nitrogens with zero attached hydrogens (tertiary/aromatic N) is 1. The van der Waals surface area contributed by atoms with Gasteiger partial charge in [0.25, 0.3) is 4.88 Å². The quantitative estimate of drug-likeness (QED) is 0.616. The number of halogens is 4. The number of thiazole rings is 1. The van der Waals surface area contributed by atoms with Gasteiger partial charge < -0.3 is 4.74 Å². The summed E-state index contributed by atoms with van der Waals surface area (Å²) in [5.74, 6) is -1.04. The molecule has 2 rings (SSSR count). The lowest BCUT2D eigenvalue weighted by Crippen LogP contribution is -2.14. The Bertz CT molecular complexity index is 655. The Balaban J connectivity index is 2.23. The molecule has 0 amide bonds. The molecule has 1 heterocycles. The number of carbonyl (C=O) groups is 1. The van der Waals surface area contributed by atoms with Crippen LogP contribution < -0.4 is 0 Å². The Kier molecular flexibility index (Phi) is 4.53. The summed E-state index contributed by atoms with van der Waals surface area (Å²) in [5, 5.41) is 0. The van der Waals surface area contributed by atoms with E-state index in [1.165, 1.54) is 6.26 Å². The first-order chi connectivity index (χ1) is 9.80. The predicted molar refractivity (Wildman–Crippen MR) is 73.3 cm³/mol. The fourth-order valence-corrected chi connectivity index (χ4v) is 3.11. The van der Waals surface area contributed by atoms with Crippen LogP contribution in [-0.4, -0.2) is 11.0 Å². The van der Waals surface area contributed by atoms with E-state index in [1.54, 1.807) is 30.3 Å². The van der Waals surface area contributed by atoms with Crippen LogP contribution in [0.25, 0.3) is 0 Å². The molecule has 0 fully saturated rings. The molecule has 8 heteroatoms. The van der Waals surface area contributed by atoms with E-state index in [9.17, 15) is 18.0 Å². The van der Waals surface area contributed by atoms with E-state index in [1.807, 2.05) is 0 Å². The summed E-state index contributed by atoms with van der Waals surface area (Å²) in [7, 11) is -1.22. The standard InChI is InChI=1S/C13H10ClF3NO2S/c1-21-9(10(13(15,16)17)18-12(21)14)11(19)20-7-8-5-3-2-4-6-8/h2-6H,7H2,1H3/q+1. The molecular formula is C13H10ClF3NO2S+. The van der Waals surface area contributed by atoms with Crippen molar-refractivity contribution in [2.24, 2.45) is 6.26 Å². The van der Waals surface area contributed by atoms with Crippen molar-refractivity contribution in [2.75, 3.05) is 0 Å². The highest BCUT2D eigenvalue weighted by molar-refractivity contribution is 7.34. The lowest BCUT2D eigenvalue weighted by Gasteiger charge is -2.04. The van der Waals surface area contributed by atoms with Crippen molar-refractivity contribution in [3.63, 3.8) is 0 Å². The van der Waals surface area contributed by atoms with Crippen LogP contribution in [-0.2, 0) is 23.8 Å². The average Bonchev–Trinajstić information content (AvgIpc) is 2.74. The molecule has 3 nitrogen and oxygen atoms in total. The topological polar surface area (TPSA) is 39.2 Å². The van der Waals surface area contributed by atoms with Gasteiger partial charge in [-0.2, -0.15) is 18.2 Å². The smallest absolute Gasteiger partial charge is 0.439 e. The van der Waals surface area contributed by atoms with E-state index in [2.05, 4.69) is 4.98 Å². The molecule has 112 valence electrons. The third-order valence-electron chi connectivity index (χ3n) is 2.64. The minimum atomic E-state index is -4.74. The fourth-order valence-electron chi connectivity index (χ4n) is 1.64. The van der Waals surface area contributed by atoms with E-state index in [-0.39, 0.29) is 11.1 Å². The molecule has 0 spiro atoms. The number of hydrogen-bond donors (Lipinski definition) is 0. The van der Waals surface area contributed by atoms with Crippen LogP contribution in [0.1, 0.15) is 20.9 Å². The zero-order valence-electron chi connectivity index (χ0n) is 10.8. The molecule has 21 heavy (non-hydrogen) atoms. The number of alkyl halides is 3. The molecule has 0 aliphatic heterocycles. The Morgan fingerprint density at radius 2 is 1.95 bits per heavy atom. The van der Waals surface area contributed by atoms with Crippen molar-refractivity contribution >= 4 is 28.0 Å². The second-order valence-electron chi connectivity index (χ2n) is 4.11. The fraction of sp³-hybridized carbons (Fsp3) is 0.231. The lowest BCUT2D eigenvalue weighted by atomic mass is 10.2. The average molecular weight is 337 g/mol. The molecule has 1 atom stereocenters. The molecule has 0 aliphatic rings. The molecule has 1 unspecified atom stereocenters. The summed E-state index contributed by atoms with van der Waals surface area (Å²) < 4.78 is 43.3. The molecule has 0 radical (unpaired) electrons. The highest BCUT2D eigenvalue weighted by Crippen LogP contribution is 2.41. The number of carbonyl (C=O) groups excluding carboxylic acids is 1. The number of hydrogen-bond acceptors (Lipinski definition) is 3. The first-order valence-electron chi connectivity index (χ1n) is 5.73. The summed E-state index contributed by atoms with van der Waals surface area (Å²) in [6.07, 6.45) is -3.33. The van der Waals surface area contributed by atoms with Gasteiger partial charge in [0.2, 0.25) is 5.69 Å². The molecule has 0 saturated carbocycles. The first kappa shape index (κ1) is 15.8. The van der Waals surface area contributed by atoms with Crippen LogP contribution in [0.4, 0.5) is 13.2 Å². The van der Waals surface area contributed by atoms with Gasteiger partial charge in [0, 0.05) is 10.5 Å². The Labute approximate surface area is 126 Å². The molecule has 1 aromatic carbocycles. The minimum absolute atomic E-state index is 0.108. The number of rotatable bonds is 3. The van der Waals surface area contributed by atoms with Crippen molar-refractivity contribution in [3.8, 4) is 0 Å². The Morgan fingerprint density at radius 1 is 1.33 bits per heavy atom. The van der Waals surface area contributed by atoms with Crippen molar-refractivity contribution < 1.29 is 22.7 Å². The SMILES string of the molecule is C[s+]1c(Cl)nc(C(F)(F)F)c1C(=O)OCc1ccccc1. The van der Waals surface area contributed by atoms with Crippen LogP contribution in [0.5, 0.6) is 0 Å². The van der Waals surface area contributed by atoms with Crippen molar-refractivity contribution in [1.29, 1.82) is 0 Å². The van der Waals surface area contributed by atoms with Gasteiger partial charge in [0.1, 0.15) is 12.9 Å². The van der Waals surface area contributed by atoms with Crippen molar-refractivity contribution in [2.45, 2.75) is 12.8 Å². The van der Waals surface area contributed by atoms with Crippen LogP contribution in [0.3, 0.4) is 0 Å². The highest BCUT2D eigenvalue weighted by Gasteiger charge is 2.46. The summed E-state index contributed by atoms with van der Waals surface area (Å²) in [6, 6.07) is 8.67. The highest BCUT2D eigenvalue weighted by atomic mass is 35.5. The van der Waals surface area contributed by atoms with Crippen LogP contribution in [0, 0.1) is 0 Å². The maximum Gasteiger partial charge on any atom is 0.439 e. The second-order valence-corrected chi connectivity index (χ2v) is 6.51. The van der Waals surface area contributed by atoms with Gasteiger partial charge in [-0.3, -0.25) is 0 Å². The monoisotopic (exact) mass is 336 g/mol. The molecule has 0 N–H and O–H groups in total. The van der Waals surface area contributed by atoms with Gasteiger partial charge in [0.05, 0.1) is 0 Å². The van der Waals surface area contributed by atoms with E-state index in [0.29, 0.717) is 5.56 Å². The van der Waals surface area contributed by atoms with Gasteiger partial charge in [-0.25, -0.2) is 4.79 Å². The van der Waals surface area contributed by atoms with Crippen molar-refractivity contribution in [3.05, 3.63) is 50.9 Å². The van der Waals surface area contributed by atoms with Crippen LogP contribution in [0.2, 0.25) is 4.47 Å². The molecule has 1 aromatic heterocycles. The normalized spacial score (nSPS) is 12.3. The van der Waals surface area contributed by atoms with Crippen LogP contribution in [0.15, 0.2) is 30.3 Å². The zero-order valence-corrected chi connectivity index (χ0v) is 12.4. The Hall–Kier alpha value is -1.60. The van der Waals surface area contributed by atoms with E-state index in [4.69, 9.17) is 16.3 Å². The second kappa shape index (κ2) is 6.03. The predicted octanol–water partition coefficient (Wildman–Crippen LogP) is 4.40. The van der Waals surface area contributed by atoms with Gasteiger partial charge in [-0.1, -0.05) is 30.3 Å². The van der Waals surface area contributed by atoms with E-state index < -0.39 is 33.2 Å². The molecular weight excluding hydrogens is 327 g/mol. The number of ether oxygens (including phenoxy) is 1. The summed E-state index contributed by atoms with van der Waals surface area (Å²) in [5.41, 5.74) is -0.586. The summed E-state index contributed by atoms with van der Waals surface area (Å²) in [4.78, 5) is 14.6. The lowest BCUT2D eigenvalue weighted by molar-refractivity contribution is -0.141. The van der Waals surface area contributed by atoms with Crippen LogP contribution >= 0.6 is 22.1 Å². The molecule has 2 aromatic rings.